The number of benzene rings is 1. The fraction of sp³-hybridized carbons (Fsp3) is 0.650. The van der Waals surface area contributed by atoms with Crippen LogP contribution in [0.15, 0.2) is 30.3 Å². The maximum atomic E-state index is 12.4. The number of carbonyl (C=O) groups excluding carboxylic acids is 1. The van der Waals surface area contributed by atoms with E-state index in [4.69, 9.17) is 0 Å². The Morgan fingerprint density at radius 2 is 2.00 bits per heavy atom. The van der Waals surface area contributed by atoms with Gasteiger partial charge in [0.2, 0.25) is 5.91 Å². The molecule has 2 fully saturated rings. The van der Waals surface area contributed by atoms with Gasteiger partial charge in [0.15, 0.2) is 0 Å². The number of amides is 1. The SMILES string of the molecule is CC[C@H](CNC(=O)CN1CCCN2CCC[C@H]2C1)c1ccccc1. The maximum Gasteiger partial charge on any atom is 0.234 e. The lowest BCUT2D eigenvalue weighted by Gasteiger charge is -2.25. The molecule has 2 aliphatic rings. The third kappa shape index (κ3) is 4.58. The molecule has 2 atom stereocenters. The van der Waals surface area contributed by atoms with Crippen LogP contribution in [0.3, 0.4) is 0 Å². The number of carbonyl (C=O) groups is 1. The van der Waals surface area contributed by atoms with Gasteiger partial charge in [-0.2, -0.15) is 0 Å². The summed E-state index contributed by atoms with van der Waals surface area (Å²) in [7, 11) is 0. The number of rotatable bonds is 6. The van der Waals surface area contributed by atoms with Crippen LogP contribution in [0.5, 0.6) is 0 Å². The molecular formula is C20H31N3O. The fourth-order valence-electron chi connectivity index (χ4n) is 4.15. The molecule has 1 aromatic carbocycles. The molecule has 4 heteroatoms. The molecule has 0 saturated carbocycles. The Morgan fingerprint density at radius 3 is 2.79 bits per heavy atom. The first kappa shape index (κ1) is 17.4. The smallest absolute Gasteiger partial charge is 0.234 e. The van der Waals surface area contributed by atoms with Crippen molar-refractivity contribution in [2.45, 2.75) is 44.6 Å². The Hall–Kier alpha value is -1.39. The molecule has 2 saturated heterocycles. The number of nitrogens with one attached hydrogen (secondary N) is 1. The van der Waals surface area contributed by atoms with Crippen LogP contribution in [-0.2, 0) is 4.79 Å². The van der Waals surface area contributed by atoms with E-state index >= 15 is 0 Å². The lowest BCUT2D eigenvalue weighted by molar-refractivity contribution is -0.122. The summed E-state index contributed by atoms with van der Waals surface area (Å²) in [5.74, 6) is 0.584. The van der Waals surface area contributed by atoms with Crippen LogP contribution in [0, 0.1) is 0 Å². The summed E-state index contributed by atoms with van der Waals surface area (Å²) in [4.78, 5) is 17.4. The zero-order valence-corrected chi connectivity index (χ0v) is 14.9. The number of hydrogen-bond acceptors (Lipinski definition) is 3. The second kappa shape index (κ2) is 8.63. The van der Waals surface area contributed by atoms with Crippen molar-refractivity contribution in [2.24, 2.45) is 0 Å². The molecule has 2 heterocycles. The Balaban J connectivity index is 1.46. The lowest BCUT2D eigenvalue weighted by atomic mass is 9.96. The van der Waals surface area contributed by atoms with Crippen LogP contribution in [0.25, 0.3) is 0 Å². The van der Waals surface area contributed by atoms with Crippen molar-refractivity contribution in [2.75, 3.05) is 39.3 Å². The summed E-state index contributed by atoms with van der Waals surface area (Å²) in [6.07, 6.45) is 4.85. The van der Waals surface area contributed by atoms with E-state index in [0.29, 0.717) is 18.5 Å². The number of hydrogen-bond donors (Lipinski definition) is 1. The van der Waals surface area contributed by atoms with Gasteiger partial charge < -0.3 is 5.32 Å². The van der Waals surface area contributed by atoms with Gasteiger partial charge in [-0.3, -0.25) is 14.6 Å². The number of nitrogens with zero attached hydrogens (tertiary/aromatic N) is 2. The third-order valence-electron chi connectivity index (χ3n) is 5.56. The van der Waals surface area contributed by atoms with Crippen molar-refractivity contribution in [3.05, 3.63) is 35.9 Å². The van der Waals surface area contributed by atoms with Gasteiger partial charge in [-0.05, 0) is 50.9 Å². The van der Waals surface area contributed by atoms with Crippen molar-refractivity contribution >= 4 is 5.91 Å². The minimum absolute atomic E-state index is 0.177. The van der Waals surface area contributed by atoms with Crippen LogP contribution >= 0.6 is 0 Å². The van der Waals surface area contributed by atoms with Gasteiger partial charge in [-0.15, -0.1) is 0 Å². The molecule has 0 unspecified atom stereocenters. The molecule has 0 aliphatic carbocycles. The first-order valence-corrected chi connectivity index (χ1v) is 9.54. The summed E-state index contributed by atoms with van der Waals surface area (Å²) < 4.78 is 0. The predicted molar refractivity (Wildman–Crippen MR) is 98.1 cm³/mol. The van der Waals surface area contributed by atoms with Crippen LogP contribution < -0.4 is 5.32 Å². The normalized spacial score (nSPS) is 23.5. The highest BCUT2D eigenvalue weighted by molar-refractivity contribution is 5.78. The highest BCUT2D eigenvalue weighted by atomic mass is 16.2. The first-order valence-electron chi connectivity index (χ1n) is 9.54. The van der Waals surface area contributed by atoms with E-state index in [9.17, 15) is 4.79 Å². The van der Waals surface area contributed by atoms with Gasteiger partial charge in [0.05, 0.1) is 6.54 Å². The molecule has 0 aromatic heterocycles. The number of fused-ring (bicyclic) bond motifs is 1. The average Bonchev–Trinajstić information content (AvgIpc) is 2.95. The molecule has 132 valence electrons. The Bertz CT molecular complexity index is 519. The van der Waals surface area contributed by atoms with Crippen molar-refractivity contribution in [3.8, 4) is 0 Å². The summed E-state index contributed by atoms with van der Waals surface area (Å²) in [6, 6.07) is 11.2. The minimum Gasteiger partial charge on any atom is -0.354 e. The summed E-state index contributed by atoms with van der Waals surface area (Å²) in [6.45, 7) is 8.04. The molecular weight excluding hydrogens is 298 g/mol. The molecule has 0 bridgehead atoms. The van der Waals surface area contributed by atoms with Gasteiger partial charge in [0.25, 0.3) is 0 Å². The van der Waals surface area contributed by atoms with E-state index in [2.05, 4.69) is 46.3 Å². The summed E-state index contributed by atoms with van der Waals surface area (Å²) in [5.41, 5.74) is 1.32. The van der Waals surface area contributed by atoms with Crippen LogP contribution in [-0.4, -0.2) is 61.0 Å². The van der Waals surface area contributed by atoms with E-state index in [-0.39, 0.29) is 5.91 Å². The highest BCUT2D eigenvalue weighted by Crippen LogP contribution is 2.21. The molecule has 1 amide bonds. The standard InChI is InChI=1S/C20H31N3O/c1-2-17(18-8-4-3-5-9-18)14-21-20(24)16-22-11-7-13-23-12-6-10-19(23)15-22/h3-5,8-9,17,19H,2,6-7,10-16H2,1H3,(H,21,24)/t17-,19+/m1/s1. The van der Waals surface area contributed by atoms with Crippen molar-refractivity contribution in [1.29, 1.82) is 0 Å². The molecule has 0 radical (unpaired) electrons. The van der Waals surface area contributed by atoms with E-state index < -0.39 is 0 Å². The minimum atomic E-state index is 0.177. The van der Waals surface area contributed by atoms with Crippen molar-refractivity contribution in [1.82, 2.24) is 15.1 Å². The molecule has 3 rings (SSSR count). The fourth-order valence-corrected chi connectivity index (χ4v) is 4.15. The summed E-state index contributed by atoms with van der Waals surface area (Å²) in [5, 5.41) is 3.17. The Morgan fingerprint density at radius 1 is 1.21 bits per heavy atom. The molecule has 2 aliphatic heterocycles. The van der Waals surface area contributed by atoms with Gasteiger partial charge in [0.1, 0.15) is 0 Å². The first-order chi connectivity index (χ1) is 11.8. The van der Waals surface area contributed by atoms with Crippen LogP contribution in [0.1, 0.15) is 44.1 Å². The topological polar surface area (TPSA) is 35.6 Å². The van der Waals surface area contributed by atoms with E-state index in [1.54, 1.807) is 0 Å². The molecule has 1 N–H and O–H groups in total. The molecule has 4 nitrogen and oxygen atoms in total. The van der Waals surface area contributed by atoms with Gasteiger partial charge >= 0.3 is 0 Å². The van der Waals surface area contributed by atoms with Gasteiger partial charge in [-0.1, -0.05) is 37.3 Å². The van der Waals surface area contributed by atoms with Gasteiger partial charge in [0, 0.05) is 25.0 Å². The quantitative estimate of drug-likeness (QED) is 0.871. The zero-order valence-electron chi connectivity index (χ0n) is 14.9. The Kier molecular flexibility index (Phi) is 6.27. The van der Waals surface area contributed by atoms with E-state index in [1.807, 2.05) is 6.07 Å². The average molecular weight is 329 g/mol. The van der Waals surface area contributed by atoms with Crippen molar-refractivity contribution in [3.63, 3.8) is 0 Å². The maximum absolute atomic E-state index is 12.4. The van der Waals surface area contributed by atoms with Crippen LogP contribution in [0.4, 0.5) is 0 Å². The van der Waals surface area contributed by atoms with Crippen molar-refractivity contribution < 1.29 is 4.79 Å². The molecule has 0 spiro atoms. The van der Waals surface area contributed by atoms with Gasteiger partial charge in [-0.25, -0.2) is 0 Å². The summed E-state index contributed by atoms with van der Waals surface area (Å²) >= 11 is 0. The second-order valence-electron chi connectivity index (χ2n) is 7.24. The molecule has 24 heavy (non-hydrogen) atoms. The predicted octanol–water partition coefficient (Wildman–Crippen LogP) is 2.47. The lowest BCUT2D eigenvalue weighted by Crippen LogP contribution is -2.42. The largest absolute Gasteiger partial charge is 0.354 e. The van der Waals surface area contributed by atoms with E-state index in [0.717, 1.165) is 26.1 Å². The monoisotopic (exact) mass is 329 g/mol. The van der Waals surface area contributed by atoms with E-state index in [1.165, 1.54) is 37.9 Å². The Labute approximate surface area is 146 Å². The third-order valence-corrected chi connectivity index (χ3v) is 5.56. The zero-order chi connectivity index (χ0) is 16.8. The van der Waals surface area contributed by atoms with Crippen LogP contribution in [0.2, 0.25) is 0 Å². The second-order valence-corrected chi connectivity index (χ2v) is 7.24. The highest BCUT2D eigenvalue weighted by Gasteiger charge is 2.29. The molecule has 1 aromatic rings.